The monoisotopic (exact) mass is 393 g/mol. The SMILES string of the molecule is CN1CCC2(CC1)CCN(C(=O)N[C@@H](C(=O)O)c1ccc(O)cc1)C2.O=CO. The van der Waals surface area contributed by atoms with E-state index in [9.17, 15) is 19.8 Å². The van der Waals surface area contributed by atoms with E-state index in [2.05, 4.69) is 17.3 Å². The molecule has 1 spiro atoms. The second kappa shape index (κ2) is 9.41. The van der Waals surface area contributed by atoms with Crippen molar-refractivity contribution in [3.63, 3.8) is 0 Å². The minimum absolute atomic E-state index is 0.0583. The van der Waals surface area contributed by atoms with Crippen LogP contribution in [0, 0.1) is 5.41 Å². The number of nitrogens with zero attached hydrogens (tertiary/aromatic N) is 2. The minimum Gasteiger partial charge on any atom is -0.508 e. The molecule has 3 rings (SSSR count). The van der Waals surface area contributed by atoms with Gasteiger partial charge < -0.3 is 30.4 Å². The van der Waals surface area contributed by atoms with Crippen LogP contribution in [0.1, 0.15) is 30.9 Å². The summed E-state index contributed by atoms with van der Waals surface area (Å²) in [7, 11) is 2.11. The Morgan fingerprint density at radius 2 is 1.68 bits per heavy atom. The standard InChI is InChI=1S/C18H25N3O4.CH2O2/c1-20-9-6-18(7-10-20)8-11-21(12-18)17(25)19-15(16(23)24)13-2-4-14(22)5-3-13;2-1-3/h2-5,15,22H,6-12H2,1H3,(H,19,25)(H,23,24);1H,(H,2,3)/t15-;/m1./s1. The largest absolute Gasteiger partial charge is 0.508 e. The topological polar surface area (TPSA) is 130 Å². The molecule has 0 unspecified atom stereocenters. The van der Waals surface area contributed by atoms with Crippen molar-refractivity contribution in [1.29, 1.82) is 0 Å². The van der Waals surface area contributed by atoms with Crippen LogP contribution < -0.4 is 5.32 Å². The third kappa shape index (κ3) is 5.35. The Morgan fingerprint density at radius 3 is 2.21 bits per heavy atom. The molecule has 9 nitrogen and oxygen atoms in total. The van der Waals surface area contributed by atoms with Gasteiger partial charge in [-0.25, -0.2) is 9.59 Å². The molecule has 0 radical (unpaired) electrons. The minimum atomic E-state index is -1.12. The molecule has 2 heterocycles. The van der Waals surface area contributed by atoms with Crippen LogP contribution in [0.5, 0.6) is 5.75 Å². The van der Waals surface area contributed by atoms with Crippen molar-refractivity contribution in [2.45, 2.75) is 25.3 Å². The summed E-state index contributed by atoms with van der Waals surface area (Å²) in [6.07, 6.45) is 3.13. The summed E-state index contributed by atoms with van der Waals surface area (Å²) in [6, 6.07) is 4.40. The molecule has 1 atom stereocenters. The number of carboxylic acid groups (broad SMARTS) is 2. The highest BCUT2D eigenvalue weighted by Gasteiger charge is 2.42. The Bertz CT molecular complexity index is 685. The molecule has 0 saturated carbocycles. The first-order chi connectivity index (χ1) is 13.3. The fourth-order valence-electron chi connectivity index (χ4n) is 3.78. The van der Waals surface area contributed by atoms with E-state index in [1.807, 2.05) is 0 Å². The average molecular weight is 393 g/mol. The lowest BCUT2D eigenvalue weighted by Gasteiger charge is -2.37. The number of phenols is 1. The van der Waals surface area contributed by atoms with Gasteiger partial charge in [-0.1, -0.05) is 12.1 Å². The summed E-state index contributed by atoms with van der Waals surface area (Å²) in [5.74, 6) is -1.06. The molecule has 2 aliphatic heterocycles. The molecule has 2 aliphatic rings. The molecule has 0 aromatic heterocycles. The number of hydrogen-bond donors (Lipinski definition) is 4. The number of hydrogen-bond acceptors (Lipinski definition) is 5. The molecular formula is C19H27N3O6. The van der Waals surface area contributed by atoms with Gasteiger partial charge in [0.1, 0.15) is 5.75 Å². The number of piperidine rings is 1. The number of carbonyl (C=O) groups excluding carboxylic acids is 1. The second-order valence-corrected chi connectivity index (χ2v) is 7.39. The van der Waals surface area contributed by atoms with E-state index in [1.165, 1.54) is 24.3 Å². The molecule has 1 aromatic carbocycles. The van der Waals surface area contributed by atoms with Crippen molar-refractivity contribution in [1.82, 2.24) is 15.1 Å². The third-order valence-electron chi connectivity index (χ3n) is 5.51. The van der Waals surface area contributed by atoms with Crippen molar-refractivity contribution in [3.8, 4) is 5.75 Å². The highest BCUT2D eigenvalue weighted by atomic mass is 16.4. The van der Waals surface area contributed by atoms with Gasteiger partial charge in [-0.2, -0.15) is 0 Å². The fraction of sp³-hybridized carbons (Fsp3) is 0.526. The number of nitrogens with one attached hydrogen (secondary N) is 1. The van der Waals surface area contributed by atoms with Gasteiger partial charge >= 0.3 is 12.0 Å². The number of benzene rings is 1. The number of rotatable bonds is 3. The lowest BCUT2D eigenvalue weighted by atomic mass is 9.78. The fourth-order valence-corrected chi connectivity index (χ4v) is 3.78. The second-order valence-electron chi connectivity index (χ2n) is 7.39. The van der Waals surface area contributed by atoms with E-state index >= 15 is 0 Å². The molecule has 2 saturated heterocycles. The van der Waals surface area contributed by atoms with Crippen LogP contribution in [0.25, 0.3) is 0 Å². The van der Waals surface area contributed by atoms with E-state index in [1.54, 1.807) is 4.90 Å². The number of phenolic OH excluding ortho intramolecular Hbond substituents is 1. The van der Waals surface area contributed by atoms with Gasteiger partial charge in [0.25, 0.3) is 6.47 Å². The number of carbonyl (C=O) groups is 3. The first kappa shape index (κ1) is 21.5. The van der Waals surface area contributed by atoms with Gasteiger partial charge in [-0.15, -0.1) is 0 Å². The zero-order valence-corrected chi connectivity index (χ0v) is 15.9. The van der Waals surface area contributed by atoms with E-state index < -0.39 is 12.0 Å². The zero-order valence-electron chi connectivity index (χ0n) is 15.9. The van der Waals surface area contributed by atoms with Crippen LogP contribution in [0.15, 0.2) is 24.3 Å². The highest BCUT2D eigenvalue weighted by Crippen LogP contribution is 2.40. The Labute approximate surface area is 163 Å². The van der Waals surface area contributed by atoms with Crippen molar-refractivity contribution in [2.75, 3.05) is 33.2 Å². The van der Waals surface area contributed by atoms with Crippen LogP contribution in [0.3, 0.4) is 0 Å². The maximum Gasteiger partial charge on any atom is 0.330 e. The normalized spacial score (nSPS) is 19.4. The first-order valence-corrected chi connectivity index (χ1v) is 9.14. The lowest BCUT2D eigenvalue weighted by Crippen LogP contribution is -2.45. The third-order valence-corrected chi connectivity index (χ3v) is 5.51. The molecule has 0 bridgehead atoms. The summed E-state index contributed by atoms with van der Waals surface area (Å²) in [6.45, 7) is 3.19. The van der Waals surface area contributed by atoms with E-state index in [4.69, 9.17) is 9.90 Å². The predicted molar refractivity (Wildman–Crippen MR) is 101 cm³/mol. The van der Waals surface area contributed by atoms with Crippen molar-refractivity contribution >= 4 is 18.5 Å². The number of carboxylic acids is 1. The smallest absolute Gasteiger partial charge is 0.330 e. The maximum absolute atomic E-state index is 12.6. The first-order valence-electron chi connectivity index (χ1n) is 9.14. The van der Waals surface area contributed by atoms with E-state index in [0.29, 0.717) is 18.7 Å². The van der Waals surface area contributed by atoms with Crippen LogP contribution in [-0.2, 0) is 9.59 Å². The lowest BCUT2D eigenvalue weighted by molar-refractivity contribution is -0.139. The Morgan fingerprint density at radius 1 is 1.14 bits per heavy atom. The summed E-state index contributed by atoms with van der Waals surface area (Å²) >= 11 is 0. The Hall–Kier alpha value is -2.81. The maximum atomic E-state index is 12.6. The summed E-state index contributed by atoms with van der Waals surface area (Å²) in [4.78, 5) is 36.6. The summed E-state index contributed by atoms with van der Waals surface area (Å²) in [5.41, 5.74) is 0.619. The average Bonchev–Trinajstić information content (AvgIpc) is 3.08. The van der Waals surface area contributed by atoms with Crippen LogP contribution in [0.2, 0.25) is 0 Å². The molecule has 2 fully saturated rings. The van der Waals surface area contributed by atoms with Gasteiger partial charge in [0.15, 0.2) is 6.04 Å². The van der Waals surface area contributed by atoms with E-state index in [-0.39, 0.29) is 23.7 Å². The van der Waals surface area contributed by atoms with Crippen LogP contribution in [-0.4, -0.2) is 76.8 Å². The Balaban J connectivity index is 0.000000878. The van der Waals surface area contributed by atoms with Gasteiger partial charge in [0.2, 0.25) is 0 Å². The van der Waals surface area contributed by atoms with E-state index in [0.717, 1.165) is 32.4 Å². The predicted octanol–water partition coefficient (Wildman–Crippen LogP) is 1.35. The highest BCUT2D eigenvalue weighted by molar-refractivity contribution is 5.84. The van der Waals surface area contributed by atoms with Gasteiger partial charge in [-0.05, 0) is 62.5 Å². The van der Waals surface area contributed by atoms with Crippen molar-refractivity contribution in [3.05, 3.63) is 29.8 Å². The quantitative estimate of drug-likeness (QED) is 0.570. The van der Waals surface area contributed by atoms with Crippen molar-refractivity contribution in [2.24, 2.45) is 5.41 Å². The van der Waals surface area contributed by atoms with Crippen LogP contribution >= 0.6 is 0 Å². The molecule has 9 heteroatoms. The number of urea groups is 1. The van der Waals surface area contributed by atoms with Gasteiger partial charge in [0.05, 0.1) is 0 Å². The molecule has 4 N–H and O–H groups in total. The molecule has 28 heavy (non-hydrogen) atoms. The molecular weight excluding hydrogens is 366 g/mol. The zero-order chi connectivity index (χ0) is 20.7. The van der Waals surface area contributed by atoms with Gasteiger partial charge in [-0.3, -0.25) is 4.79 Å². The van der Waals surface area contributed by atoms with Crippen LogP contribution in [0.4, 0.5) is 4.79 Å². The number of aromatic hydroxyl groups is 1. The number of amides is 2. The molecule has 0 aliphatic carbocycles. The number of aliphatic carboxylic acids is 1. The molecule has 1 aromatic rings. The molecule has 154 valence electrons. The summed E-state index contributed by atoms with van der Waals surface area (Å²) < 4.78 is 0. The molecule has 2 amide bonds. The summed E-state index contributed by atoms with van der Waals surface area (Å²) in [5, 5.41) is 28.3. The Kier molecular flexibility index (Phi) is 7.22. The van der Waals surface area contributed by atoms with Gasteiger partial charge in [0, 0.05) is 13.1 Å². The van der Waals surface area contributed by atoms with Crippen molar-refractivity contribution < 1.29 is 29.7 Å². The number of likely N-dealkylation sites (tertiary alicyclic amines) is 2.